The molecule has 4 aliphatic rings. The molecule has 23 heavy (non-hydrogen) atoms. The Kier molecular flexibility index (Phi) is 4.03. The third-order valence-electron chi connectivity index (χ3n) is 3.77. The van der Waals surface area contributed by atoms with Crippen molar-refractivity contribution in [3.8, 4) is 0 Å². The molecule has 9 nitrogen and oxygen atoms in total. The highest BCUT2D eigenvalue weighted by atomic mass is 16.6. The van der Waals surface area contributed by atoms with Crippen molar-refractivity contribution in [3.63, 3.8) is 0 Å². The van der Waals surface area contributed by atoms with Gasteiger partial charge in [0.05, 0.1) is 5.70 Å². The molecule has 4 rings (SSSR count). The van der Waals surface area contributed by atoms with Gasteiger partial charge in [0.25, 0.3) is 0 Å². The molecule has 0 saturated carbocycles. The van der Waals surface area contributed by atoms with Crippen molar-refractivity contribution in [2.75, 3.05) is 52.4 Å². The van der Waals surface area contributed by atoms with E-state index in [2.05, 4.69) is 0 Å². The van der Waals surface area contributed by atoms with E-state index in [0.29, 0.717) is 17.1 Å². The Morgan fingerprint density at radius 2 is 1.52 bits per heavy atom. The topological polar surface area (TPSA) is 107 Å². The van der Waals surface area contributed by atoms with Crippen LogP contribution in [0.4, 0.5) is 0 Å². The molecule has 0 atom stereocenters. The van der Waals surface area contributed by atoms with Gasteiger partial charge in [-0.3, -0.25) is 19.7 Å². The molecule has 3 fully saturated rings. The average Bonchev–Trinajstić information content (AvgIpc) is 3.37. The van der Waals surface area contributed by atoms with Crippen molar-refractivity contribution in [1.82, 2.24) is 14.7 Å². The van der Waals surface area contributed by atoms with Gasteiger partial charge in [-0.05, 0) is 0 Å². The molecule has 0 aromatic rings. The van der Waals surface area contributed by atoms with Gasteiger partial charge in [0, 0.05) is 50.3 Å². The number of ketones is 2. The maximum absolute atomic E-state index is 12.4. The third-order valence-corrected chi connectivity index (χ3v) is 3.77. The minimum absolute atomic E-state index is 0.00546. The molecule has 0 unspecified atom stereocenters. The summed E-state index contributed by atoms with van der Waals surface area (Å²) in [6.45, 7) is 4.69. The van der Waals surface area contributed by atoms with E-state index in [-0.39, 0.29) is 24.7 Å². The molecule has 3 heterocycles. The smallest absolute Gasteiger partial charge is 0.227 e. The van der Waals surface area contributed by atoms with Crippen LogP contribution in [0.5, 0.6) is 0 Å². The first-order chi connectivity index (χ1) is 11.0. The highest BCUT2D eigenvalue weighted by molar-refractivity contribution is 6.22. The average molecular weight is 322 g/mol. The standard InChI is InChI=1S/C12H13N3O2.C2H5NO3/c16-9-7-8(13-1-2-13)12(17)11(15-5-6-15)10(9)14-3-4-14;4-2-1-3(5)6/h7H,1-6H2;4H,1-2H2. The highest BCUT2D eigenvalue weighted by Crippen LogP contribution is 2.33. The first-order valence-electron chi connectivity index (χ1n) is 7.55. The number of hydrogen-bond acceptors (Lipinski definition) is 8. The van der Waals surface area contributed by atoms with Crippen molar-refractivity contribution in [2.45, 2.75) is 0 Å². The van der Waals surface area contributed by atoms with Crippen molar-refractivity contribution >= 4 is 11.6 Å². The van der Waals surface area contributed by atoms with Gasteiger partial charge in [0.1, 0.15) is 18.0 Å². The van der Waals surface area contributed by atoms with Gasteiger partial charge in [0.15, 0.2) is 0 Å². The lowest BCUT2D eigenvalue weighted by Crippen LogP contribution is -2.29. The number of Topliss-reactive ketones (excluding diaryl/α,β-unsaturated/α-hetero) is 1. The Morgan fingerprint density at radius 1 is 1.00 bits per heavy atom. The van der Waals surface area contributed by atoms with Gasteiger partial charge in [-0.15, -0.1) is 0 Å². The molecule has 0 aromatic heterocycles. The van der Waals surface area contributed by atoms with E-state index in [4.69, 9.17) is 5.11 Å². The molecule has 1 N–H and O–H groups in total. The van der Waals surface area contributed by atoms with E-state index in [0.717, 1.165) is 39.3 Å². The molecule has 0 radical (unpaired) electrons. The molecular formula is C14H18N4O5. The maximum Gasteiger partial charge on any atom is 0.227 e. The third kappa shape index (κ3) is 3.50. The van der Waals surface area contributed by atoms with Crippen LogP contribution in [0.3, 0.4) is 0 Å². The molecule has 0 amide bonds. The van der Waals surface area contributed by atoms with Gasteiger partial charge >= 0.3 is 0 Å². The van der Waals surface area contributed by atoms with Crippen LogP contribution >= 0.6 is 0 Å². The lowest BCUT2D eigenvalue weighted by molar-refractivity contribution is -0.482. The Balaban J connectivity index is 0.000000227. The Bertz CT molecular complexity index is 615. The zero-order chi connectivity index (χ0) is 16.6. The molecule has 9 heteroatoms. The second kappa shape index (κ2) is 5.99. The highest BCUT2D eigenvalue weighted by Gasteiger charge is 2.43. The SMILES string of the molecule is O=C1C=C(N2CC2)C(=O)C(N2CC2)=C1N1CC1.O=[N+]([O-])CCO. The van der Waals surface area contributed by atoms with Crippen molar-refractivity contribution in [1.29, 1.82) is 0 Å². The fourth-order valence-corrected chi connectivity index (χ4v) is 2.36. The van der Waals surface area contributed by atoms with Gasteiger partial charge in [0.2, 0.25) is 18.1 Å². The molecule has 0 bridgehead atoms. The van der Waals surface area contributed by atoms with E-state index < -0.39 is 4.92 Å². The van der Waals surface area contributed by atoms with E-state index >= 15 is 0 Å². The summed E-state index contributed by atoms with van der Waals surface area (Å²) >= 11 is 0. The minimum Gasteiger partial charge on any atom is -0.390 e. The summed E-state index contributed by atoms with van der Waals surface area (Å²) in [7, 11) is 0. The number of aliphatic hydroxyl groups is 1. The van der Waals surface area contributed by atoms with Crippen LogP contribution in [-0.2, 0) is 9.59 Å². The summed E-state index contributed by atoms with van der Waals surface area (Å²) < 4.78 is 0. The van der Waals surface area contributed by atoms with Crippen LogP contribution in [0.1, 0.15) is 0 Å². The van der Waals surface area contributed by atoms with Crippen LogP contribution in [0.15, 0.2) is 23.2 Å². The number of carbonyl (C=O) groups is 2. The molecule has 0 aromatic carbocycles. The van der Waals surface area contributed by atoms with Gasteiger partial charge in [-0.2, -0.15) is 0 Å². The number of allylic oxidation sites excluding steroid dienone is 1. The van der Waals surface area contributed by atoms with E-state index in [1.165, 1.54) is 6.08 Å². The predicted molar refractivity (Wildman–Crippen MR) is 78.8 cm³/mol. The number of rotatable bonds is 5. The Morgan fingerprint density at radius 3 is 1.91 bits per heavy atom. The second-order valence-electron chi connectivity index (χ2n) is 5.66. The molecule has 3 saturated heterocycles. The first-order valence-corrected chi connectivity index (χ1v) is 7.55. The van der Waals surface area contributed by atoms with Crippen LogP contribution in [0, 0.1) is 10.1 Å². The second-order valence-corrected chi connectivity index (χ2v) is 5.66. The van der Waals surface area contributed by atoms with E-state index in [9.17, 15) is 19.7 Å². The van der Waals surface area contributed by atoms with Crippen LogP contribution in [0.2, 0.25) is 0 Å². The summed E-state index contributed by atoms with van der Waals surface area (Å²) in [6.07, 6.45) is 1.52. The molecular weight excluding hydrogens is 304 g/mol. The van der Waals surface area contributed by atoms with Gasteiger partial charge in [-0.1, -0.05) is 0 Å². The number of nitrogens with zero attached hydrogens (tertiary/aromatic N) is 4. The van der Waals surface area contributed by atoms with E-state index in [1.54, 1.807) is 0 Å². The molecule has 0 spiro atoms. The van der Waals surface area contributed by atoms with Gasteiger partial charge in [-0.25, -0.2) is 0 Å². The Hall–Kier alpha value is -2.42. The van der Waals surface area contributed by atoms with Crippen LogP contribution in [-0.4, -0.2) is 88.7 Å². The fraction of sp³-hybridized carbons (Fsp3) is 0.571. The lowest BCUT2D eigenvalue weighted by atomic mass is 10.0. The lowest BCUT2D eigenvalue weighted by Gasteiger charge is -2.21. The predicted octanol–water partition coefficient (Wildman–Crippen LogP) is -1.56. The van der Waals surface area contributed by atoms with Crippen molar-refractivity contribution in [2.24, 2.45) is 0 Å². The number of aliphatic hydroxyl groups excluding tert-OH is 1. The van der Waals surface area contributed by atoms with Crippen LogP contribution in [0.25, 0.3) is 0 Å². The summed E-state index contributed by atoms with van der Waals surface area (Å²) in [4.78, 5) is 39.1. The normalized spacial score (nSPS) is 21.8. The molecule has 1 aliphatic carbocycles. The number of nitro groups is 1. The van der Waals surface area contributed by atoms with Gasteiger partial charge < -0.3 is 19.8 Å². The zero-order valence-electron chi connectivity index (χ0n) is 12.6. The largest absolute Gasteiger partial charge is 0.390 e. The first kappa shape index (κ1) is 15.5. The number of hydrogen-bond donors (Lipinski definition) is 1. The zero-order valence-corrected chi connectivity index (χ0v) is 12.6. The van der Waals surface area contributed by atoms with Crippen molar-refractivity contribution in [3.05, 3.63) is 33.3 Å². The summed E-state index contributed by atoms with van der Waals surface area (Å²) in [5.41, 5.74) is 1.89. The molecule has 3 aliphatic heterocycles. The van der Waals surface area contributed by atoms with Crippen LogP contribution < -0.4 is 0 Å². The summed E-state index contributed by atoms with van der Waals surface area (Å²) in [6, 6.07) is 0. The fourth-order valence-electron chi connectivity index (χ4n) is 2.36. The quantitative estimate of drug-likeness (QED) is 0.280. The van der Waals surface area contributed by atoms with Crippen molar-refractivity contribution < 1.29 is 19.6 Å². The maximum atomic E-state index is 12.4. The summed E-state index contributed by atoms with van der Waals surface area (Å²) in [5, 5.41) is 17.0. The number of carbonyl (C=O) groups excluding carboxylic acids is 2. The monoisotopic (exact) mass is 322 g/mol. The Labute approximate surface area is 132 Å². The minimum atomic E-state index is -0.569. The van der Waals surface area contributed by atoms with E-state index in [1.807, 2.05) is 14.7 Å². The molecule has 124 valence electrons. The summed E-state index contributed by atoms with van der Waals surface area (Å²) in [5.74, 6) is 0.0485.